The number of carboxylic acid groups (broad SMARTS) is 2. The van der Waals surface area contributed by atoms with Crippen molar-refractivity contribution in [3.05, 3.63) is 83.6 Å². The number of aromatic nitrogens is 1. The van der Waals surface area contributed by atoms with Gasteiger partial charge in [0, 0.05) is 36.1 Å². The monoisotopic (exact) mass is 606 g/mol. The number of ether oxygens (including phenoxy) is 3. The van der Waals surface area contributed by atoms with Crippen molar-refractivity contribution in [3.63, 3.8) is 0 Å². The van der Waals surface area contributed by atoms with Crippen LogP contribution in [-0.2, 0) is 27.8 Å². The minimum absolute atomic E-state index is 0.00855. The number of sulfonamides is 1. The summed E-state index contributed by atoms with van der Waals surface area (Å²) in [6.07, 6.45) is 1.44. The molecule has 0 saturated heterocycles. The standard InChI is InChI=1S/C31H30N2O9S/c1-4-5-12-42-23-7-9-26(10-8-23)43(38,39)32-28(31(36)37)16-22-19-33(29-11-6-21(30(34)35)15-27(22)29)18-20-13-24(40-2)17-25(14-20)41-3/h6-11,13-15,17,19,28,32H,12,16,18H2,1-3H3,(H,34,35)(H,36,37). The van der Waals surface area contributed by atoms with E-state index in [2.05, 4.69) is 16.6 Å². The second-order valence-corrected chi connectivity index (χ2v) is 11.2. The molecule has 12 heteroatoms. The first kappa shape index (κ1) is 31.0. The lowest BCUT2D eigenvalue weighted by atomic mass is 10.0. The first-order valence-electron chi connectivity index (χ1n) is 13.0. The third-order valence-electron chi connectivity index (χ3n) is 6.62. The molecule has 4 rings (SSSR count). The first-order chi connectivity index (χ1) is 20.5. The van der Waals surface area contributed by atoms with Gasteiger partial charge in [-0.2, -0.15) is 4.72 Å². The van der Waals surface area contributed by atoms with Crippen LogP contribution in [0.25, 0.3) is 10.9 Å². The van der Waals surface area contributed by atoms with Gasteiger partial charge in [-0.3, -0.25) is 4.79 Å². The molecule has 3 aromatic carbocycles. The number of carboxylic acids is 2. The minimum Gasteiger partial charge on any atom is -0.497 e. The van der Waals surface area contributed by atoms with Crippen LogP contribution in [0.1, 0.15) is 28.4 Å². The summed E-state index contributed by atoms with van der Waals surface area (Å²) in [4.78, 5) is 23.9. The molecule has 4 aromatic rings. The molecule has 0 radical (unpaired) electrons. The molecule has 1 unspecified atom stereocenters. The predicted octanol–water partition coefficient (Wildman–Crippen LogP) is 3.78. The van der Waals surface area contributed by atoms with E-state index in [9.17, 15) is 28.2 Å². The van der Waals surface area contributed by atoms with Crippen LogP contribution in [0.4, 0.5) is 0 Å². The molecule has 0 amide bonds. The molecule has 0 spiro atoms. The van der Waals surface area contributed by atoms with Gasteiger partial charge in [-0.05, 0) is 72.6 Å². The second-order valence-electron chi connectivity index (χ2n) is 9.44. The summed E-state index contributed by atoms with van der Waals surface area (Å²) in [7, 11) is -1.17. The number of benzene rings is 3. The van der Waals surface area contributed by atoms with Crippen molar-refractivity contribution in [3.8, 4) is 29.1 Å². The maximum Gasteiger partial charge on any atom is 0.335 e. The van der Waals surface area contributed by atoms with Crippen LogP contribution in [0.15, 0.2) is 71.8 Å². The van der Waals surface area contributed by atoms with Gasteiger partial charge in [-0.15, -0.1) is 5.92 Å². The van der Waals surface area contributed by atoms with Crippen LogP contribution in [0.3, 0.4) is 0 Å². The van der Waals surface area contributed by atoms with E-state index in [0.717, 1.165) is 5.56 Å². The number of aromatic carboxylic acids is 1. The van der Waals surface area contributed by atoms with Crippen LogP contribution in [-0.4, -0.2) is 62.0 Å². The van der Waals surface area contributed by atoms with Gasteiger partial charge in [-0.1, -0.05) is 5.92 Å². The number of nitrogens with zero attached hydrogens (tertiary/aromatic N) is 1. The van der Waals surface area contributed by atoms with E-state index in [1.165, 1.54) is 50.6 Å². The third kappa shape index (κ3) is 7.45. The highest BCUT2D eigenvalue weighted by molar-refractivity contribution is 7.89. The zero-order chi connectivity index (χ0) is 31.1. The Morgan fingerprint density at radius 1 is 0.953 bits per heavy atom. The molecule has 1 atom stereocenters. The fourth-order valence-electron chi connectivity index (χ4n) is 4.51. The fourth-order valence-corrected chi connectivity index (χ4v) is 5.70. The summed E-state index contributed by atoms with van der Waals surface area (Å²) in [5, 5.41) is 20.1. The highest BCUT2D eigenvalue weighted by atomic mass is 32.2. The molecule has 0 aliphatic carbocycles. The Kier molecular flexibility index (Phi) is 9.59. The molecular weight excluding hydrogens is 576 g/mol. The first-order valence-corrected chi connectivity index (χ1v) is 14.5. The summed E-state index contributed by atoms with van der Waals surface area (Å²) in [5.41, 5.74) is 1.90. The minimum atomic E-state index is -4.24. The van der Waals surface area contributed by atoms with Crippen molar-refractivity contribution in [1.82, 2.24) is 9.29 Å². The normalized spacial score (nSPS) is 11.8. The van der Waals surface area contributed by atoms with Crippen molar-refractivity contribution in [1.29, 1.82) is 0 Å². The van der Waals surface area contributed by atoms with Gasteiger partial charge in [0.15, 0.2) is 0 Å². The van der Waals surface area contributed by atoms with Crippen molar-refractivity contribution in [2.75, 3.05) is 20.8 Å². The molecule has 0 bridgehead atoms. The molecule has 0 fully saturated rings. The molecular formula is C31H30N2O9S. The summed E-state index contributed by atoms with van der Waals surface area (Å²) < 4.78 is 46.5. The molecule has 11 nitrogen and oxygen atoms in total. The van der Waals surface area contributed by atoms with E-state index in [-0.39, 0.29) is 23.5 Å². The van der Waals surface area contributed by atoms with Crippen molar-refractivity contribution in [2.45, 2.75) is 30.8 Å². The van der Waals surface area contributed by atoms with Crippen LogP contribution in [0.2, 0.25) is 0 Å². The molecule has 1 heterocycles. The van der Waals surface area contributed by atoms with Gasteiger partial charge >= 0.3 is 11.9 Å². The number of methoxy groups -OCH3 is 2. The average Bonchev–Trinajstić information content (AvgIpc) is 3.32. The van der Waals surface area contributed by atoms with Crippen LogP contribution in [0.5, 0.6) is 17.2 Å². The Labute approximate surface area is 248 Å². The lowest BCUT2D eigenvalue weighted by Gasteiger charge is -2.15. The predicted molar refractivity (Wildman–Crippen MR) is 158 cm³/mol. The van der Waals surface area contributed by atoms with Crippen LogP contribution < -0.4 is 18.9 Å². The summed E-state index contributed by atoms with van der Waals surface area (Å²) in [6.45, 7) is 2.13. The average molecular weight is 607 g/mol. The van der Waals surface area contributed by atoms with E-state index >= 15 is 0 Å². The molecule has 43 heavy (non-hydrogen) atoms. The molecule has 1 aromatic heterocycles. The highest BCUT2D eigenvalue weighted by Gasteiger charge is 2.27. The van der Waals surface area contributed by atoms with E-state index in [0.29, 0.717) is 40.3 Å². The van der Waals surface area contributed by atoms with E-state index < -0.39 is 28.0 Å². The lowest BCUT2D eigenvalue weighted by molar-refractivity contribution is -0.138. The van der Waals surface area contributed by atoms with Crippen molar-refractivity contribution < 1.29 is 42.4 Å². The van der Waals surface area contributed by atoms with Crippen LogP contribution >= 0.6 is 0 Å². The Morgan fingerprint density at radius 3 is 2.21 bits per heavy atom. The number of nitrogens with one attached hydrogen (secondary N) is 1. The van der Waals surface area contributed by atoms with Gasteiger partial charge in [-0.25, -0.2) is 13.2 Å². The maximum absolute atomic E-state index is 13.1. The number of carbonyl (C=O) groups is 2. The number of hydrogen-bond donors (Lipinski definition) is 3. The molecule has 0 aliphatic rings. The van der Waals surface area contributed by atoms with Crippen molar-refractivity contribution >= 4 is 32.9 Å². The van der Waals surface area contributed by atoms with Gasteiger partial charge in [0.05, 0.1) is 24.7 Å². The fraction of sp³-hybridized carbons (Fsp3) is 0.226. The SMILES string of the molecule is CC#CCOc1ccc(S(=O)(=O)NC(Cc2cn(Cc3cc(OC)cc(OC)c3)c3ccc(C(=O)O)cc23)C(=O)O)cc1. The Balaban J connectivity index is 1.67. The molecule has 0 saturated carbocycles. The Morgan fingerprint density at radius 2 is 1.63 bits per heavy atom. The second kappa shape index (κ2) is 13.3. The molecule has 224 valence electrons. The topological polar surface area (TPSA) is 153 Å². The van der Waals surface area contributed by atoms with Gasteiger partial charge in [0.2, 0.25) is 10.0 Å². The number of fused-ring (bicyclic) bond motifs is 1. The summed E-state index contributed by atoms with van der Waals surface area (Å²) in [6, 6.07) is 13.9. The van der Waals surface area contributed by atoms with E-state index in [1.807, 2.05) is 16.7 Å². The quantitative estimate of drug-likeness (QED) is 0.193. The van der Waals surface area contributed by atoms with Gasteiger partial charge in [0.25, 0.3) is 0 Å². The highest BCUT2D eigenvalue weighted by Crippen LogP contribution is 2.28. The smallest absolute Gasteiger partial charge is 0.335 e. The largest absolute Gasteiger partial charge is 0.497 e. The number of hydrogen-bond acceptors (Lipinski definition) is 7. The third-order valence-corrected chi connectivity index (χ3v) is 8.10. The Bertz CT molecular complexity index is 1800. The van der Waals surface area contributed by atoms with Crippen molar-refractivity contribution in [2.24, 2.45) is 0 Å². The van der Waals surface area contributed by atoms with Gasteiger partial charge < -0.3 is 29.0 Å². The summed E-state index contributed by atoms with van der Waals surface area (Å²) in [5.74, 6) is 4.45. The number of rotatable bonds is 13. The molecule has 3 N–H and O–H groups in total. The molecule has 0 aliphatic heterocycles. The zero-order valence-corrected chi connectivity index (χ0v) is 24.5. The van der Waals surface area contributed by atoms with E-state index in [4.69, 9.17) is 14.2 Å². The number of aliphatic carboxylic acids is 1. The van der Waals surface area contributed by atoms with Gasteiger partial charge in [0.1, 0.15) is 29.9 Å². The lowest BCUT2D eigenvalue weighted by Crippen LogP contribution is -2.42. The maximum atomic E-state index is 13.1. The van der Waals surface area contributed by atoms with E-state index in [1.54, 1.807) is 25.3 Å². The Hall–Kier alpha value is -4.99. The summed E-state index contributed by atoms with van der Waals surface area (Å²) >= 11 is 0. The zero-order valence-electron chi connectivity index (χ0n) is 23.7. The van der Waals surface area contributed by atoms with Crippen LogP contribution in [0, 0.1) is 11.8 Å².